The molecule has 0 aromatic heterocycles. The number of halogens is 1. The highest BCUT2D eigenvalue weighted by atomic mass is 19.1. The molecule has 10 heteroatoms. The van der Waals surface area contributed by atoms with Crippen molar-refractivity contribution in [2.75, 3.05) is 46.6 Å². The summed E-state index contributed by atoms with van der Waals surface area (Å²) >= 11 is 0. The van der Waals surface area contributed by atoms with E-state index in [0.29, 0.717) is 26.3 Å². The summed E-state index contributed by atoms with van der Waals surface area (Å²) in [5.41, 5.74) is 1.34. The van der Waals surface area contributed by atoms with Crippen molar-refractivity contribution in [3.8, 4) is 5.75 Å². The molecule has 0 bridgehead atoms. The van der Waals surface area contributed by atoms with Gasteiger partial charge in [0.2, 0.25) is 11.8 Å². The van der Waals surface area contributed by atoms with Gasteiger partial charge >= 0.3 is 0 Å². The second kappa shape index (κ2) is 12.0. The Morgan fingerprint density at radius 1 is 1.08 bits per heavy atom. The zero-order chi connectivity index (χ0) is 25.5. The molecule has 1 saturated heterocycles. The zero-order valence-corrected chi connectivity index (χ0v) is 20.1. The molecule has 1 aliphatic heterocycles. The van der Waals surface area contributed by atoms with Crippen LogP contribution in [0.3, 0.4) is 0 Å². The van der Waals surface area contributed by atoms with Gasteiger partial charge in [-0.15, -0.1) is 0 Å². The van der Waals surface area contributed by atoms with E-state index in [1.807, 2.05) is 24.3 Å². The minimum absolute atomic E-state index is 0.0263. The van der Waals surface area contributed by atoms with Gasteiger partial charge in [-0.05, 0) is 48.4 Å². The minimum atomic E-state index is -0.999. The quantitative estimate of drug-likeness (QED) is 0.513. The Labute approximate surface area is 208 Å². The third kappa shape index (κ3) is 6.79. The van der Waals surface area contributed by atoms with E-state index >= 15 is 0 Å². The van der Waals surface area contributed by atoms with E-state index in [9.17, 15) is 18.8 Å². The van der Waals surface area contributed by atoms with E-state index in [0.717, 1.165) is 17.7 Å². The summed E-state index contributed by atoms with van der Waals surface area (Å²) in [6.45, 7) is 1.19. The number of carbonyl (C=O) groups is 3. The van der Waals surface area contributed by atoms with E-state index in [4.69, 9.17) is 14.2 Å². The molecule has 2 N–H and O–H groups in total. The Balaban J connectivity index is 1.28. The van der Waals surface area contributed by atoms with E-state index < -0.39 is 17.8 Å². The molecule has 1 unspecified atom stereocenters. The smallest absolute Gasteiger partial charge is 0.251 e. The summed E-state index contributed by atoms with van der Waals surface area (Å²) in [6, 6.07) is 11.8. The normalized spacial score (nSPS) is 19.8. The molecule has 3 atom stereocenters. The Hall–Kier alpha value is -3.50. The van der Waals surface area contributed by atoms with Crippen LogP contribution >= 0.6 is 0 Å². The highest BCUT2D eigenvalue weighted by Gasteiger charge is 2.39. The lowest BCUT2D eigenvalue weighted by atomic mass is 10.1. The van der Waals surface area contributed by atoms with Gasteiger partial charge in [0.05, 0.1) is 26.9 Å². The maximum Gasteiger partial charge on any atom is 0.251 e. The lowest BCUT2D eigenvalue weighted by molar-refractivity contribution is -0.140. The first kappa shape index (κ1) is 25.6. The number of amides is 3. The fourth-order valence-electron chi connectivity index (χ4n) is 4.11. The van der Waals surface area contributed by atoms with Crippen molar-refractivity contribution in [2.24, 2.45) is 0 Å². The van der Waals surface area contributed by atoms with E-state index in [1.54, 1.807) is 12.0 Å². The van der Waals surface area contributed by atoms with E-state index in [2.05, 4.69) is 10.6 Å². The lowest BCUT2D eigenvalue weighted by Crippen LogP contribution is -2.53. The molecule has 0 spiro atoms. The van der Waals surface area contributed by atoms with Gasteiger partial charge in [0.15, 0.2) is 0 Å². The molecule has 1 aliphatic carbocycles. The van der Waals surface area contributed by atoms with Crippen molar-refractivity contribution in [1.82, 2.24) is 15.5 Å². The number of nitrogens with zero attached hydrogens (tertiary/aromatic N) is 1. The van der Waals surface area contributed by atoms with Crippen molar-refractivity contribution in [3.05, 3.63) is 65.5 Å². The third-order valence-corrected chi connectivity index (χ3v) is 6.23. The Morgan fingerprint density at radius 2 is 1.78 bits per heavy atom. The van der Waals surface area contributed by atoms with Gasteiger partial charge < -0.3 is 29.7 Å². The van der Waals surface area contributed by atoms with Crippen molar-refractivity contribution < 1.29 is 33.0 Å². The second-order valence-electron chi connectivity index (χ2n) is 8.78. The van der Waals surface area contributed by atoms with Crippen LogP contribution < -0.4 is 15.4 Å². The van der Waals surface area contributed by atoms with Crippen LogP contribution in [-0.2, 0) is 19.1 Å². The van der Waals surface area contributed by atoms with Gasteiger partial charge in [0, 0.05) is 30.6 Å². The number of ether oxygens (including phenoxy) is 3. The largest absolute Gasteiger partial charge is 0.497 e. The van der Waals surface area contributed by atoms with Crippen LogP contribution in [0.25, 0.3) is 0 Å². The molecular formula is C26H30FN3O6. The second-order valence-corrected chi connectivity index (χ2v) is 8.78. The number of rotatable bonds is 10. The standard InChI is InChI=1S/C26H30FN3O6/c1-34-20-8-4-17(5-9-20)21-14-22(21)28-24(31)16-36-15-23(26(33)30-10-12-35-13-11-30)29-25(32)18-2-6-19(27)7-3-18/h2-9,21-23H,10-16H2,1H3,(H,28,31)(H,29,32)/t21-,22+,23?/m0/s1. The van der Waals surface area contributed by atoms with Crippen molar-refractivity contribution in [1.29, 1.82) is 0 Å². The highest BCUT2D eigenvalue weighted by molar-refractivity contribution is 5.97. The molecule has 9 nitrogen and oxygen atoms in total. The maximum absolute atomic E-state index is 13.2. The summed E-state index contributed by atoms with van der Waals surface area (Å²) in [5.74, 6) is -0.595. The first-order valence-electron chi connectivity index (χ1n) is 11.9. The van der Waals surface area contributed by atoms with Crippen LogP contribution in [0.2, 0.25) is 0 Å². The number of nitrogens with one attached hydrogen (secondary N) is 2. The number of hydrogen-bond acceptors (Lipinski definition) is 6. The fraction of sp³-hybridized carbons (Fsp3) is 0.423. The lowest BCUT2D eigenvalue weighted by Gasteiger charge is -2.30. The molecule has 36 heavy (non-hydrogen) atoms. The first-order chi connectivity index (χ1) is 17.4. The van der Waals surface area contributed by atoms with Gasteiger partial charge in [0.1, 0.15) is 24.2 Å². The number of benzene rings is 2. The molecule has 2 aromatic carbocycles. The van der Waals surface area contributed by atoms with Gasteiger partial charge in [0.25, 0.3) is 5.91 Å². The number of morpholine rings is 1. The van der Waals surface area contributed by atoms with Crippen molar-refractivity contribution in [2.45, 2.75) is 24.4 Å². The van der Waals surface area contributed by atoms with Crippen LogP contribution in [0.5, 0.6) is 5.75 Å². The SMILES string of the molecule is COc1ccc([C@@H]2C[C@H]2NC(=O)COCC(NC(=O)c2ccc(F)cc2)C(=O)N2CCOCC2)cc1. The average molecular weight is 500 g/mol. The minimum Gasteiger partial charge on any atom is -0.497 e. The summed E-state index contributed by atoms with van der Waals surface area (Å²) in [4.78, 5) is 39.7. The van der Waals surface area contributed by atoms with E-state index in [-0.39, 0.29) is 42.6 Å². The predicted molar refractivity (Wildman–Crippen MR) is 128 cm³/mol. The Kier molecular flexibility index (Phi) is 8.50. The van der Waals surface area contributed by atoms with Crippen LogP contribution in [0.15, 0.2) is 48.5 Å². The summed E-state index contributed by atoms with van der Waals surface area (Å²) in [6.07, 6.45) is 0.837. The molecular weight excluding hydrogens is 469 g/mol. The average Bonchev–Trinajstić information content (AvgIpc) is 3.67. The molecule has 1 heterocycles. The molecule has 4 rings (SSSR count). The summed E-state index contributed by atoms with van der Waals surface area (Å²) in [7, 11) is 1.61. The first-order valence-corrected chi connectivity index (χ1v) is 11.9. The van der Waals surface area contributed by atoms with Gasteiger partial charge in [-0.3, -0.25) is 14.4 Å². The van der Waals surface area contributed by atoms with Crippen molar-refractivity contribution in [3.63, 3.8) is 0 Å². The topological polar surface area (TPSA) is 106 Å². The molecule has 0 radical (unpaired) electrons. The monoisotopic (exact) mass is 499 g/mol. The number of methoxy groups -OCH3 is 1. The highest BCUT2D eigenvalue weighted by Crippen LogP contribution is 2.41. The predicted octanol–water partition coefficient (Wildman–Crippen LogP) is 1.48. The third-order valence-electron chi connectivity index (χ3n) is 6.23. The van der Waals surface area contributed by atoms with Crippen LogP contribution in [-0.4, -0.2) is 81.3 Å². The molecule has 2 aliphatic rings. The molecule has 2 aromatic rings. The zero-order valence-electron chi connectivity index (χ0n) is 20.1. The summed E-state index contributed by atoms with van der Waals surface area (Å²) in [5, 5.41) is 5.59. The molecule has 1 saturated carbocycles. The van der Waals surface area contributed by atoms with E-state index in [1.165, 1.54) is 24.3 Å². The molecule has 2 fully saturated rings. The Bertz CT molecular complexity index is 1060. The fourth-order valence-corrected chi connectivity index (χ4v) is 4.11. The summed E-state index contributed by atoms with van der Waals surface area (Å²) < 4.78 is 29.2. The van der Waals surface area contributed by atoms with Crippen molar-refractivity contribution >= 4 is 17.7 Å². The maximum atomic E-state index is 13.2. The van der Waals surface area contributed by atoms with Crippen LogP contribution in [0.4, 0.5) is 4.39 Å². The van der Waals surface area contributed by atoms with Crippen LogP contribution in [0.1, 0.15) is 28.3 Å². The Morgan fingerprint density at radius 3 is 2.44 bits per heavy atom. The number of carbonyl (C=O) groups excluding carboxylic acids is 3. The molecule has 3 amide bonds. The van der Waals surface area contributed by atoms with Crippen LogP contribution in [0, 0.1) is 5.82 Å². The molecule has 192 valence electrons. The van der Waals surface area contributed by atoms with Gasteiger partial charge in [-0.25, -0.2) is 4.39 Å². The van der Waals surface area contributed by atoms with Gasteiger partial charge in [-0.1, -0.05) is 12.1 Å². The number of hydrogen-bond donors (Lipinski definition) is 2. The van der Waals surface area contributed by atoms with Gasteiger partial charge in [-0.2, -0.15) is 0 Å².